The van der Waals surface area contributed by atoms with Crippen LogP contribution in [0.1, 0.15) is 0 Å². The number of thioether (sulfide) groups is 1. The maximum Gasteiger partial charge on any atom is 0.236 e. The Bertz CT molecular complexity index is 539. The number of hydrogen-bond donors (Lipinski definition) is 1. The second-order valence-electron chi connectivity index (χ2n) is 3.31. The first kappa shape index (κ1) is 12.2. The van der Waals surface area contributed by atoms with E-state index in [9.17, 15) is 4.79 Å². The lowest BCUT2D eigenvalue weighted by Gasteiger charge is -1.98. The van der Waals surface area contributed by atoms with Crippen molar-refractivity contribution in [2.75, 3.05) is 24.4 Å². The van der Waals surface area contributed by atoms with Crippen LogP contribution in [0.4, 0.5) is 5.13 Å². The van der Waals surface area contributed by atoms with E-state index in [-0.39, 0.29) is 5.91 Å². The molecule has 0 unspecified atom stereocenters. The van der Waals surface area contributed by atoms with E-state index < -0.39 is 0 Å². The Morgan fingerprint density at radius 2 is 2.41 bits per heavy atom. The van der Waals surface area contributed by atoms with Gasteiger partial charge in [0.05, 0.1) is 17.6 Å². The van der Waals surface area contributed by atoms with Gasteiger partial charge in [0.2, 0.25) is 5.91 Å². The van der Waals surface area contributed by atoms with Crippen LogP contribution in [0.3, 0.4) is 0 Å². The monoisotopic (exact) mass is 268 g/mol. The molecule has 0 aliphatic rings. The molecule has 0 aliphatic heterocycles. The molecule has 0 aliphatic carbocycles. The number of methoxy groups -OCH3 is 1. The molecule has 0 radical (unpaired) electrons. The third-order valence-corrected chi connectivity index (χ3v) is 3.61. The normalized spacial score (nSPS) is 10.5. The number of aromatic nitrogens is 1. The van der Waals surface area contributed by atoms with Crippen LogP contribution in [-0.4, -0.2) is 30.0 Å². The van der Waals surface area contributed by atoms with Crippen molar-refractivity contribution < 1.29 is 9.53 Å². The molecule has 0 saturated carbocycles. The molecule has 0 spiro atoms. The lowest BCUT2D eigenvalue weighted by Crippen LogP contribution is -2.13. The first-order valence-electron chi connectivity index (χ1n) is 4.97. The van der Waals surface area contributed by atoms with Crippen molar-refractivity contribution in [3.05, 3.63) is 18.2 Å². The fourth-order valence-electron chi connectivity index (χ4n) is 1.43. The summed E-state index contributed by atoms with van der Waals surface area (Å²) < 4.78 is 6.22. The fourth-order valence-corrected chi connectivity index (χ4v) is 2.66. The molecule has 1 aromatic carbocycles. The number of fused-ring (bicyclic) bond motifs is 1. The topological polar surface area (TPSA) is 51.2 Å². The highest BCUT2D eigenvalue weighted by molar-refractivity contribution is 7.99. The Hall–Kier alpha value is -1.27. The van der Waals surface area contributed by atoms with Gasteiger partial charge in [-0.3, -0.25) is 4.79 Å². The quantitative estimate of drug-likeness (QED) is 0.926. The van der Waals surface area contributed by atoms with Crippen molar-refractivity contribution >= 4 is 44.4 Å². The van der Waals surface area contributed by atoms with Crippen LogP contribution in [0.2, 0.25) is 0 Å². The van der Waals surface area contributed by atoms with Crippen LogP contribution in [0.5, 0.6) is 5.75 Å². The van der Waals surface area contributed by atoms with Gasteiger partial charge in [-0.15, -0.1) is 0 Å². The van der Waals surface area contributed by atoms with E-state index in [0.29, 0.717) is 10.9 Å². The highest BCUT2D eigenvalue weighted by Crippen LogP contribution is 2.31. The number of anilines is 1. The van der Waals surface area contributed by atoms with E-state index in [4.69, 9.17) is 4.74 Å². The molecule has 2 aromatic rings. The fraction of sp³-hybridized carbons (Fsp3) is 0.273. The summed E-state index contributed by atoms with van der Waals surface area (Å²) in [6.45, 7) is 0. The first-order chi connectivity index (χ1) is 8.24. The Morgan fingerprint density at radius 1 is 1.59 bits per heavy atom. The molecular formula is C11H12N2O2S2. The Balaban J connectivity index is 2.28. The minimum Gasteiger partial charge on any atom is -0.494 e. The third kappa shape index (κ3) is 2.70. The van der Waals surface area contributed by atoms with Crippen LogP contribution in [0, 0.1) is 0 Å². The van der Waals surface area contributed by atoms with Crippen LogP contribution in [0.25, 0.3) is 10.2 Å². The van der Waals surface area contributed by atoms with Crippen LogP contribution in [0.15, 0.2) is 18.2 Å². The maximum atomic E-state index is 11.4. The predicted octanol–water partition coefficient (Wildman–Crippen LogP) is 2.61. The van der Waals surface area contributed by atoms with Crippen molar-refractivity contribution in [1.29, 1.82) is 0 Å². The van der Waals surface area contributed by atoms with Gasteiger partial charge in [0.15, 0.2) is 5.13 Å². The molecular weight excluding hydrogens is 256 g/mol. The van der Waals surface area contributed by atoms with Crippen LogP contribution < -0.4 is 10.1 Å². The van der Waals surface area contributed by atoms with Crippen LogP contribution >= 0.6 is 23.1 Å². The molecule has 90 valence electrons. The minimum atomic E-state index is -0.0319. The molecule has 0 bridgehead atoms. The van der Waals surface area contributed by atoms with Gasteiger partial charge in [0, 0.05) is 0 Å². The van der Waals surface area contributed by atoms with E-state index in [1.165, 1.54) is 23.1 Å². The standard InChI is InChI=1S/C11H12N2O2S2/c1-15-7-4-3-5-8-10(7)13-11(17-8)12-9(14)6-16-2/h3-5H,6H2,1-2H3,(H,12,13,14). The molecule has 2 rings (SSSR count). The molecule has 1 heterocycles. The summed E-state index contributed by atoms with van der Waals surface area (Å²) in [5.41, 5.74) is 0.791. The van der Waals surface area contributed by atoms with Crippen molar-refractivity contribution in [3.63, 3.8) is 0 Å². The zero-order valence-corrected chi connectivity index (χ0v) is 11.2. The van der Waals surface area contributed by atoms with E-state index in [1.54, 1.807) is 7.11 Å². The number of nitrogens with one attached hydrogen (secondary N) is 1. The molecule has 17 heavy (non-hydrogen) atoms. The van der Waals surface area contributed by atoms with Gasteiger partial charge in [-0.1, -0.05) is 17.4 Å². The highest BCUT2D eigenvalue weighted by atomic mass is 32.2. The smallest absolute Gasteiger partial charge is 0.236 e. The molecule has 6 heteroatoms. The van der Waals surface area contributed by atoms with Crippen LogP contribution in [-0.2, 0) is 4.79 Å². The molecule has 0 atom stereocenters. The van der Waals surface area contributed by atoms with Gasteiger partial charge >= 0.3 is 0 Å². The number of hydrogen-bond acceptors (Lipinski definition) is 5. The summed E-state index contributed by atoms with van der Waals surface area (Å²) in [4.78, 5) is 15.8. The van der Waals surface area contributed by atoms with Crippen molar-refractivity contribution in [2.45, 2.75) is 0 Å². The van der Waals surface area contributed by atoms with Gasteiger partial charge in [0.25, 0.3) is 0 Å². The van der Waals surface area contributed by atoms with Crippen molar-refractivity contribution in [1.82, 2.24) is 4.98 Å². The lowest BCUT2D eigenvalue weighted by molar-refractivity contribution is -0.113. The molecule has 1 aromatic heterocycles. The van der Waals surface area contributed by atoms with Gasteiger partial charge in [-0.2, -0.15) is 11.8 Å². The summed E-state index contributed by atoms with van der Waals surface area (Å²) in [5, 5.41) is 3.39. The number of amides is 1. The van der Waals surface area contributed by atoms with Crippen molar-refractivity contribution in [3.8, 4) is 5.75 Å². The van der Waals surface area contributed by atoms with Gasteiger partial charge in [-0.25, -0.2) is 4.98 Å². The van der Waals surface area contributed by atoms with E-state index in [1.807, 2.05) is 24.5 Å². The highest BCUT2D eigenvalue weighted by Gasteiger charge is 2.10. The number of carbonyl (C=O) groups excluding carboxylic acids is 1. The number of para-hydroxylation sites is 1. The molecule has 0 saturated heterocycles. The average Bonchev–Trinajstić information content (AvgIpc) is 2.70. The molecule has 4 nitrogen and oxygen atoms in total. The third-order valence-electron chi connectivity index (χ3n) is 2.12. The molecule has 1 N–H and O–H groups in total. The minimum absolute atomic E-state index is 0.0319. The Labute approximate surface area is 107 Å². The number of benzene rings is 1. The number of rotatable bonds is 4. The van der Waals surface area contributed by atoms with Gasteiger partial charge in [0.1, 0.15) is 11.3 Å². The zero-order chi connectivity index (χ0) is 12.3. The van der Waals surface area contributed by atoms with Gasteiger partial charge < -0.3 is 10.1 Å². The SMILES string of the molecule is COc1cccc2sc(NC(=O)CSC)nc12. The summed E-state index contributed by atoms with van der Waals surface area (Å²) in [6, 6.07) is 5.72. The van der Waals surface area contributed by atoms with E-state index >= 15 is 0 Å². The first-order valence-corrected chi connectivity index (χ1v) is 7.18. The number of carbonyl (C=O) groups is 1. The van der Waals surface area contributed by atoms with E-state index in [2.05, 4.69) is 10.3 Å². The Morgan fingerprint density at radius 3 is 3.12 bits per heavy atom. The molecule has 1 amide bonds. The molecule has 0 fully saturated rings. The van der Waals surface area contributed by atoms with E-state index in [0.717, 1.165) is 16.0 Å². The van der Waals surface area contributed by atoms with Crippen molar-refractivity contribution in [2.24, 2.45) is 0 Å². The number of nitrogens with zero attached hydrogens (tertiary/aromatic N) is 1. The lowest BCUT2D eigenvalue weighted by atomic mass is 10.3. The maximum absolute atomic E-state index is 11.4. The number of ether oxygens (including phenoxy) is 1. The summed E-state index contributed by atoms with van der Waals surface area (Å²) >= 11 is 2.93. The zero-order valence-electron chi connectivity index (χ0n) is 9.52. The average molecular weight is 268 g/mol. The summed E-state index contributed by atoms with van der Waals surface area (Å²) in [5.74, 6) is 1.13. The second kappa shape index (κ2) is 5.37. The summed E-state index contributed by atoms with van der Waals surface area (Å²) in [6.07, 6.45) is 1.89. The number of thiazole rings is 1. The predicted molar refractivity (Wildman–Crippen MR) is 73.2 cm³/mol. The Kier molecular flexibility index (Phi) is 3.86. The summed E-state index contributed by atoms with van der Waals surface area (Å²) in [7, 11) is 1.61. The van der Waals surface area contributed by atoms with Gasteiger partial charge in [-0.05, 0) is 18.4 Å². The largest absolute Gasteiger partial charge is 0.494 e. The second-order valence-corrected chi connectivity index (χ2v) is 5.20.